The molecule has 1 aromatic carbocycles. The second-order valence-corrected chi connectivity index (χ2v) is 8.12. The normalized spacial score (nSPS) is 23.2. The van der Waals surface area contributed by atoms with Crippen molar-refractivity contribution in [3.8, 4) is 0 Å². The highest BCUT2D eigenvalue weighted by Gasteiger charge is 2.32. The number of rotatable bonds is 5. The predicted molar refractivity (Wildman–Crippen MR) is 104 cm³/mol. The number of nitrogens with one attached hydrogen (secondary N) is 1. The first kappa shape index (κ1) is 17.6. The van der Waals surface area contributed by atoms with Crippen molar-refractivity contribution in [2.75, 3.05) is 18.2 Å². The molecule has 3 N–H and O–H groups in total. The minimum absolute atomic E-state index is 0.0412. The van der Waals surface area contributed by atoms with E-state index >= 15 is 0 Å². The van der Waals surface area contributed by atoms with Crippen LogP contribution in [0.25, 0.3) is 0 Å². The number of hydrogen-bond acceptors (Lipinski definition) is 5. The zero-order chi connectivity index (χ0) is 18.1. The number of benzene rings is 1. The Morgan fingerprint density at radius 2 is 2.23 bits per heavy atom. The zero-order valence-corrected chi connectivity index (χ0v) is 15.8. The van der Waals surface area contributed by atoms with E-state index in [1.54, 1.807) is 23.9 Å². The summed E-state index contributed by atoms with van der Waals surface area (Å²) < 4.78 is 5.65. The first-order valence-electron chi connectivity index (χ1n) is 9.18. The fraction of sp³-hybridized carbons (Fsp3) is 0.450. The van der Waals surface area contributed by atoms with E-state index in [1.807, 2.05) is 11.8 Å². The van der Waals surface area contributed by atoms with Crippen LogP contribution in [0.2, 0.25) is 0 Å². The van der Waals surface area contributed by atoms with Gasteiger partial charge in [-0.25, -0.2) is 0 Å². The van der Waals surface area contributed by atoms with E-state index in [2.05, 4.69) is 29.6 Å². The van der Waals surface area contributed by atoms with Crippen LogP contribution in [0.4, 0.5) is 0 Å². The molecule has 1 amide bonds. The molecule has 1 saturated heterocycles. The number of carbonyl (C=O) groups is 1. The number of amides is 1. The summed E-state index contributed by atoms with van der Waals surface area (Å²) in [5.74, 6) is 2.66. The van der Waals surface area contributed by atoms with Crippen molar-refractivity contribution in [1.82, 2.24) is 10.2 Å². The zero-order valence-electron chi connectivity index (χ0n) is 15.0. The van der Waals surface area contributed by atoms with Gasteiger partial charge in [-0.05, 0) is 43.0 Å². The third-order valence-electron chi connectivity index (χ3n) is 5.26. The molecule has 1 aromatic heterocycles. The molecule has 26 heavy (non-hydrogen) atoms. The standard InChI is InChI=1S/C20H25N3O2S/c1-13(21)18-8-9-19(25-18)20(24)23-12-26-11-15(23)10-22-17-7-6-14-4-2-3-5-16(14)17/h2-5,8-9,13,15,17,22H,6-7,10-12,21H2,1H3/t13?,15?,17-/m1/s1. The van der Waals surface area contributed by atoms with E-state index in [9.17, 15) is 4.79 Å². The van der Waals surface area contributed by atoms with Crippen LogP contribution in [0.15, 0.2) is 40.8 Å². The molecule has 138 valence electrons. The molecule has 0 spiro atoms. The van der Waals surface area contributed by atoms with Crippen molar-refractivity contribution in [3.63, 3.8) is 0 Å². The molecule has 0 saturated carbocycles. The Balaban J connectivity index is 1.40. The quantitative estimate of drug-likeness (QED) is 0.845. The van der Waals surface area contributed by atoms with E-state index in [0.29, 0.717) is 23.4 Å². The Morgan fingerprint density at radius 3 is 3.04 bits per heavy atom. The maximum Gasteiger partial charge on any atom is 0.290 e. The molecule has 1 fully saturated rings. The Labute approximate surface area is 158 Å². The summed E-state index contributed by atoms with van der Waals surface area (Å²) >= 11 is 1.79. The number of thioether (sulfide) groups is 1. The van der Waals surface area contributed by atoms with E-state index in [1.165, 1.54) is 11.1 Å². The number of nitrogens with zero attached hydrogens (tertiary/aromatic N) is 1. The van der Waals surface area contributed by atoms with Gasteiger partial charge >= 0.3 is 0 Å². The number of fused-ring (bicyclic) bond motifs is 1. The minimum atomic E-state index is -0.204. The van der Waals surface area contributed by atoms with Gasteiger partial charge in [-0.2, -0.15) is 0 Å². The maximum atomic E-state index is 12.8. The lowest BCUT2D eigenvalue weighted by atomic mass is 10.1. The molecule has 6 heteroatoms. The van der Waals surface area contributed by atoms with Gasteiger partial charge in [0.2, 0.25) is 0 Å². The highest BCUT2D eigenvalue weighted by atomic mass is 32.2. The summed E-state index contributed by atoms with van der Waals surface area (Å²) in [6, 6.07) is 12.5. The fourth-order valence-electron chi connectivity index (χ4n) is 3.78. The lowest BCUT2D eigenvalue weighted by molar-refractivity contribution is 0.0710. The van der Waals surface area contributed by atoms with E-state index in [4.69, 9.17) is 10.2 Å². The molecular formula is C20H25N3O2S. The molecular weight excluding hydrogens is 346 g/mol. The fourth-order valence-corrected chi connectivity index (χ4v) is 4.98. The van der Waals surface area contributed by atoms with Crippen LogP contribution in [-0.4, -0.2) is 35.0 Å². The van der Waals surface area contributed by atoms with Crippen molar-refractivity contribution in [2.24, 2.45) is 5.73 Å². The average molecular weight is 372 g/mol. The number of carbonyl (C=O) groups excluding carboxylic acids is 1. The second-order valence-electron chi connectivity index (χ2n) is 7.12. The number of hydrogen-bond donors (Lipinski definition) is 2. The summed E-state index contributed by atoms with van der Waals surface area (Å²) in [6.45, 7) is 2.66. The van der Waals surface area contributed by atoms with E-state index in [-0.39, 0.29) is 18.0 Å². The van der Waals surface area contributed by atoms with Crippen molar-refractivity contribution in [2.45, 2.75) is 37.9 Å². The Morgan fingerprint density at radius 1 is 1.38 bits per heavy atom. The lowest BCUT2D eigenvalue weighted by Gasteiger charge is -2.25. The molecule has 4 rings (SSSR count). The van der Waals surface area contributed by atoms with Crippen LogP contribution in [0.5, 0.6) is 0 Å². The predicted octanol–water partition coefficient (Wildman–Crippen LogP) is 3.09. The van der Waals surface area contributed by atoms with Gasteiger partial charge in [0.1, 0.15) is 5.76 Å². The third-order valence-corrected chi connectivity index (χ3v) is 6.34. The molecule has 2 aliphatic rings. The molecule has 1 aliphatic heterocycles. The molecule has 5 nitrogen and oxygen atoms in total. The smallest absolute Gasteiger partial charge is 0.290 e. The number of furan rings is 1. The van der Waals surface area contributed by atoms with Gasteiger partial charge in [-0.3, -0.25) is 4.79 Å². The Hall–Kier alpha value is -1.76. The van der Waals surface area contributed by atoms with E-state index < -0.39 is 0 Å². The van der Waals surface area contributed by atoms with Gasteiger partial charge in [0, 0.05) is 18.3 Å². The molecule has 2 aromatic rings. The van der Waals surface area contributed by atoms with Gasteiger partial charge < -0.3 is 20.4 Å². The van der Waals surface area contributed by atoms with Crippen molar-refractivity contribution >= 4 is 17.7 Å². The van der Waals surface area contributed by atoms with Crippen LogP contribution >= 0.6 is 11.8 Å². The van der Waals surface area contributed by atoms with Crippen molar-refractivity contribution < 1.29 is 9.21 Å². The van der Waals surface area contributed by atoms with Crippen molar-refractivity contribution in [3.05, 3.63) is 59.0 Å². The highest BCUT2D eigenvalue weighted by Crippen LogP contribution is 2.31. The highest BCUT2D eigenvalue weighted by molar-refractivity contribution is 7.99. The molecule has 3 atom stereocenters. The molecule has 0 bridgehead atoms. The first-order valence-corrected chi connectivity index (χ1v) is 10.3. The lowest BCUT2D eigenvalue weighted by Crippen LogP contribution is -2.43. The van der Waals surface area contributed by atoms with Crippen LogP contribution in [0.1, 0.15) is 52.9 Å². The van der Waals surface area contributed by atoms with E-state index in [0.717, 1.165) is 25.1 Å². The molecule has 0 radical (unpaired) electrons. The summed E-state index contributed by atoms with van der Waals surface area (Å²) in [4.78, 5) is 14.8. The van der Waals surface area contributed by atoms with Crippen LogP contribution in [0, 0.1) is 0 Å². The summed E-state index contributed by atoms with van der Waals surface area (Å²) in [6.07, 6.45) is 2.26. The topological polar surface area (TPSA) is 71.5 Å². The molecule has 2 unspecified atom stereocenters. The van der Waals surface area contributed by atoms with Crippen molar-refractivity contribution in [1.29, 1.82) is 0 Å². The maximum absolute atomic E-state index is 12.8. The minimum Gasteiger partial charge on any atom is -0.454 e. The number of aryl methyl sites for hydroxylation is 1. The molecule has 2 heterocycles. The van der Waals surface area contributed by atoms with Gasteiger partial charge in [-0.15, -0.1) is 11.8 Å². The first-order chi connectivity index (χ1) is 12.6. The summed E-state index contributed by atoms with van der Waals surface area (Å²) in [5.41, 5.74) is 8.68. The van der Waals surface area contributed by atoms with Crippen LogP contribution in [-0.2, 0) is 6.42 Å². The monoisotopic (exact) mass is 371 g/mol. The Bertz CT molecular complexity index is 789. The van der Waals surface area contributed by atoms with Gasteiger partial charge in [0.15, 0.2) is 5.76 Å². The average Bonchev–Trinajstić information content (AvgIpc) is 3.38. The van der Waals surface area contributed by atoms with Gasteiger partial charge in [-0.1, -0.05) is 24.3 Å². The molecule has 1 aliphatic carbocycles. The van der Waals surface area contributed by atoms with Crippen LogP contribution in [0.3, 0.4) is 0 Å². The van der Waals surface area contributed by atoms with Gasteiger partial charge in [0.25, 0.3) is 5.91 Å². The third kappa shape index (κ3) is 3.41. The summed E-state index contributed by atoms with van der Waals surface area (Å²) in [7, 11) is 0. The van der Waals surface area contributed by atoms with Gasteiger partial charge in [0.05, 0.1) is 18.0 Å². The second kappa shape index (κ2) is 7.47. The van der Waals surface area contributed by atoms with Crippen LogP contribution < -0.4 is 11.1 Å². The Kier molecular flexibility index (Phi) is 5.07. The largest absolute Gasteiger partial charge is 0.454 e. The number of nitrogens with two attached hydrogens (primary N) is 1. The SMILES string of the molecule is CC(N)c1ccc(C(=O)N2CSCC2CN[C@@H]2CCc3ccccc32)o1. The summed E-state index contributed by atoms with van der Waals surface area (Å²) in [5, 5.41) is 3.68.